The summed E-state index contributed by atoms with van der Waals surface area (Å²) < 4.78 is -1.59. The van der Waals surface area contributed by atoms with Crippen LogP contribution in [0.3, 0.4) is 0 Å². The summed E-state index contributed by atoms with van der Waals surface area (Å²) in [4.78, 5) is 0. The van der Waals surface area contributed by atoms with E-state index in [0.29, 0.717) is 0 Å². The molecule has 0 aliphatic rings. The van der Waals surface area contributed by atoms with Gasteiger partial charge >= 0.3 is 0 Å². The molecule has 0 aliphatic heterocycles. The maximum atomic E-state index is 8.96. The number of aliphatic hydroxyl groups is 1. The molecular formula is C5H9Cl5O. The molecule has 0 saturated carbocycles. The first-order valence-electron chi connectivity index (χ1n) is 2.58. The summed E-state index contributed by atoms with van der Waals surface area (Å²) in [5.41, 5.74) is -1.27. The Bertz CT molecular complexity index is 80.0. The van der Waals surface area contributed by atoms with Gasteiger partial charge in [0.1, 0.15) is 5.60 Å². The lowest BCUT2D eigenvalue weighted by molar-refractivity contribution is 0.0847. The number of rotatable bonds is 0. The zero-order valence-electron chi connectivity index (χ0n) is 6.04. The van der Waals surface area contributed by atoms with Crippen molar-refractivity contribution < 1.29 is 5.11 Å². The third-order valence-corrected chi connectivity index (χ3v) is 2.08. The lowest BCUT2D eigenvalue weighted by Crippen LogP contribution is -2.35. The molecule has 0 aromatic carbocycles. The van der Waals surface area contributed by atoms with Crippen LogP contribution < -0.4 is 0 Å². The zero-order valence-corrected chi connectivity index (χ0v) is 9.82. The van der Waals surface area contributed by atoms with E-state index >= 15 is 0 Å². The van der Waals surface area contributed by atoms with Gasteiger partial charge in [-0.05, 0) is 13.8 Å². The molecule has 0 rings (SSSR count). The normalized spacial score (nSPS) is 12.0. The molecule has 11 heavy (non-hydrogen) atoms. The van der Waals surface area contributed by atoms with Crippen LogP contribution in [0.25, 0.3) is 0 Å². The maximum Gasteiger partial charge on any atom is 0.218 e. The van der Waals surface area contributed by atoms with E-state index in [1.54, 1.807) is 0 Å². The highest BCUT2D eigenvalue weighted by Gasteiger charge is 2.38. The van der Waals surface area contributed by atoms with E-state index in [-0.39, 0.29) is 5.34 Å². The van der Waals surface area contributed by atoms with Crippen molar-refractivity contribution in [3.05, 3.63) is 0 Å². The third-order valence-electron chi connectivity index (χ3n) is 0.694. The molecule has 1 N–H and O–H groups in total. The third kappa shape index (κ3) is 9.32. The molecule has 1 nitrogen and oxygen atoms in total. The van der Waals surface area contributed by atoms with Crippen LogP contribution in [0, 0.1) is 0 Å². The highest BCUT2D eigenvalue weighted by Crippen LogP contribution is 2.37. The monoisotopic (exact) mass is 260 g/mol. The van der Waals surface area contributed by atoms with Crippen molar-refractivity contribution in [2.24, 2.45) is 0 Å². The molecule has 6 heteroatoms. The van der Waals surface area contributed by atoms with E-state index in [9.17, 15) is 0 Å². The van der Waals surface area contributed by atoms with Crippen molar-refractivity contribution >= 4 is 58.0 Å². The molecule has 0 heterocycles. The largest absolute Gasteiger partial charge is 0.386 e. The summed E-state index contributed by atoms with van der Waals surface area (Å²) in [5, 5.41) is 9.15. The fourth-order valence-electron chi connectivity index (χ4n) is 0. The van der Waals surface area contributed by atoms with Crippen LogP contribution in [0.2, 0.25) is 0 Å². The second kappa shape index (κ2) is 5.95. The van der Waals surface area contributed by atoms with Crippen molar-refractivity contribution in [2.45, 2.75) is 23.2 Å². The van der Waals surface area contributed by atoms with Gasteiger partial charge in [-0.1, -0.05) is 34.8 Å². The molecule has 0 radical (unpaired) electrons. The molecule has 0 unspecified atom stereocenters. The van der Waals surface area contributed by atoms with Gasteiger partial charge in [0, 0.05) is 0 Å². The lowest BCUT2D eigenvalue weighted by Gasteiger charge is -2.25. The van der Waals surface area contributed by atoms with Gasteiger partial charge in [0.05, 0.1) is 5.34 Å². The quantitative estimate of drug-likeness (QED) is 0.662. The second-order valence-electron chi connectivity index (χ2n) is 2.16. The van der Waals surface area contributed by atoms with Gasteiger partial charge in [-0.2, -0.15) is 0 Å². The van der Waals surface area contributed by atoms with E-state index in [0.717, 1.165) is 0 Å². The maximum absolute atomic E-state index is 8.96. The van der Waals surface area contributed by atoms with Gasteiger partial charge in [0.25, 0.3) is 0 Å². The standard InChI is InChI=1S/C4H7Cl3O.CH2Cl2/c1-3(2,8)4(5,6)7;2-1-3/h8H,1-2H3;1H2. The van der Waals surface area contributed by atoms with Crippen LogP contribution in [-0.4, -0.2) is 19.8 Å². The minimum atomic E-state index is -1.59. The molecule has 0 amide bonds. The van der Waals surface area contributed by atoms with E-state index in [4.69, 9.17) is 63.1 Å². The van der Waals surface area contributed by atoms with Crippen LogP contribution >= 0.6 is 58.0 Å². The molecule has 70 valence electrons. The van der Waals surface area contributed by atoms with Crippen LogP contribution in [0.4, 0.5) is 0 Å². The molecule has 0 aromatic rings. The Kier molecular flexibility index (Phi) is 8.07. The average Bonchev–Trinajstić information content (AvgIpc) is 1.60. The highest BCUT2D eigenvalue weighted by atomic mass is 35.6. The first kappa shape index (κ1) is 14.9. The number of halogens is 5. The van der Waals surface area contributed by atoms with Gasteiger partial charge in [-0.25, -0.2) is 0 Å². The van der Waals surface area contributed by atoms with Crippen LogP contribution in [-0.2, 0) is 0 Å². The van der Waals surface area contributed by atoms with Crippen molar-refractivity contribution in [2.75, 3.05) is 5.34 Å². The molecule has 0 saturated heterocycles. The zero-order chi connectivity index (χ0) is 9.71. The molecular weight excluding hydrogens is 253 g/mol. The fraction of sp³-hybridized carbons (Fsp3) is 1.00. The number of hydrogen-bond donors (Lipinski definition) is 1. The highest BCUT2D eigenvalue weighted by molar-refractivity contribution is 6.68. The molecule has 0 atom stereocenters. The van der Waals surface area contributed by atoms with Crippen molar-refractivity contribution in [1.82, 2.24) is 0 Å². The smallest absolute Gasteiger partial charge is 0.218 e. The Morgan fingerprint density at radius 2 is 1.18 bits per heavy atom. The Labute approximate surface area is 91.5 Å². The van der Waals surface area contributed by atoms with E-state index in [1.165, 1.54) is 13.8 Å². The first-order chi connectivity index (χ1) is 4.66. The van der Waals surface area contributed by atoms with Gasteiger partial charge in [-0.15, -0.1) is 23.2 Å². The Morgan fingerprint density at radius 3 is 1.18 bits per heavy atom. The van der Waals surface area contributed by atoms with Gasteiger partial charge in [0.2, 0.25) is 3.79 Å². The van der Waals surface area contributed by atoms with E-state index in [1.807, 2.05) is 0 Å². The predicted octanol–water partition coefficient (Wildman–Crippen LogP) is 3.55. The summed E-state index contributed by atoms with van der Waals surface area (Å²) in [6, 6.07) is 0. The topological polar surface area (TPSA) is 20.2 Å². The molecule has 0 fully saturated rings. The molecule has 0 spiro atoms. The summed E-state index contributed by atoms with van der Waals surface area (Å²) in [5.74, 6) is 0. The van der Waals surface area contributed by atoms with Crippen molar-refractivity contribution in [1.29, 1.82) is 0 Å². The fourth-order valence-corrected chi connectivity index (χ4v) is 0. The Balaban J connectivity index is 0. The van der Waals surface area contributed by atoms with E-state index in [2.05, 4.69) is 0 Å². The van der Waals surface area contributed by atoms with Crippen molar-refractivity contribution in [3.63, 3.8) is 0 Å². The number of alkyl halides is 5. The Hall–Kier alpha value is 1.41. The molecule has 0 aliphatic carbocycles. The number of hydrogen-bond acceptors (Lipinski definition) is 1. The first-order valence-corrected chi connectivity index (χ1v) is 4.78. The average molecular weight is 262 g/mol. The van der Waals surface area contributed by atoms with Crippen LogP contribution in [0.15, 0.2) is 0 Å². The second-order valence-corrected chi connectivity index (χ2v) is 5.25. The summed E-state index contributed by atoms with van der Waals surface area (Å²) in [6.45, 7) is 2.86. The molecule has 0 aromatic heterocycles. The van der Waals surface area contributed by atoms with Gasteiger partial charge in [-0.3, -0.25) is 0 Å². The van der Waals surface area contributed by atoms with Gasteiger partial charge < -0.3 is 5.11 Å². The summed E-state index contributed by atoms with van der Waals surface area (Å²) >= 11 is 25.4. The minimum absolute atomic E-state index is 0.194. The van der Waals surface area contributed by atoms with Crippen LogP contribution in [0.5, 0.6) is 0 Å². The molecule has 0 bridgehead atoms. The summed E-state index contributed by atoms with van der Waals surface area (Å²) in [6.07, 6.45) is 0. The lowest BCUT2D eigenvalue weighted by atomic mass is 10.2. The van der Waals surface area contributed by atoms with Crippen LogP contribution in [0.1, 0.15) is 13.8 Å². The van der Waals surface area contributed by atoms with E-state index < -0.39 is 9.39 Å². The van der Waals surface area contributed by atoms with Crippen molar-refractivity contribution in [3.8, 4) is 0 Å². The SMILES string of the molecule is CC(C)(O)C(Cl)(Cl)Cl.ClCCl. The summed E-state index contributed by atoms with van der Waals surface area (Å²) in [7, 11) is 0. The Morgan fingerprint density at radius 1 is 1.09 bits per heavy atom. The van der Waals surface area contributed by atoms with Gasteiger partial charge in [0.15, 0.2) is 0 Å². The predicted molar refractivity (Wildman–Crippen MR) is 53.2 cm³/mol. The minimum Gasteiger partial charge on any atom is -0.386 e.